The van der Waals surface area contributed by atoms with Gasteiger partial charge in [-0.2, -0.15) is 5.26 Å². The molecule has 0 saturated carbocycles. The molecule has 0 radical (unpaired) electrons. The highest BCUT2D eigenvalue weighted by Crippen LogP contribution is 2.25. The lowest BCUT2D eigenvalue weighted by Gasteiger charge is -2.29. The van der Waals surface area contributed by atoms with Gasteiger partial charge in [0, 0.05) is 36.9 Å². The molecule has 21 heavy (non-hydrogen) atoms. The molecule has 0 amide bonds. The van der Waals surface area contributed by atoms with E-state index in [0.29, 0.717) is 11.5 Å². The zero-order chi connectivity index (χ0) is 14.5. The molecule has 0 bridgehead atoms. The van der Waals surface area contributed by atoms with Crippen molar-refractivity contribution >= 4 is 17.2 Å². The SMILES string of the molecule is N#Cc1nccnc1Nc1cccc(N2CCCCC2)c1. The molecule has 0 atom stereocenters. The topological polar surface area (TPSA) is 64.8 Å². The lowest BCUT2D eigenvalue weighted by Crippen LogP contribution is -2.29. The summed E-state index contributed by atoms with van der Waals surface area (Å²) in [5.74, 6) is 0.496. The quantitative estimate of drug-likeness (QED) is 0.935. The van der Waals surface area contributed by atoms with Crippen molar-refractivity contribution in [3.05, 3.63) is 42.4 Å². The van der Waals surface area contributed by atoms with Crippen LogP contribution in [0.4, 0.5) is 17.2 Å². The predicted molar refractivity (Wildman–Crippen MR) is 82.5 cm³/mol. The Labute approximate surface area is 124 Å². The molecule has 1 N–H and O–H groups in total. The minimum absolute atomic E-state index is 0.306. The van der Waals surface area contributed by atoms with E-state index in [1.165, 1.54) is 31.1 Å². The van der Waals surface area contributed by atoms with Gasteiger partial charge in [-0.3, -0.25) is 0 Å². The summed E-state index contributed by atoms with van der Waals surface area (Å²) in [4.78, 5) is 10.6. The highest BCUT2D eigenvalue weighted by molar-refractivity contribution is 5.65. The molecular formula is C16H17N5. The Hall–Kier alpha value is -2.61. The first kappa shape index (κ1) is 13.4. The Morgan fingerprint density at radius 1 is 1.10 bits per heavy atom. The first-order chi connectivity index (χ1) is 10.4. The van der Waals surface area contributed by atoms with E-state index < -0.39 is 0 Å². The first-order valence-corrected chi connectivity index (χ1v) is 7.20. The minimum Gasteiger partial charge on any atom is -0.371 e. The van der Waals surface area contributed by atoms with Crippen molar-refractivity contribution in [2.45, 2.75) is 19.3 Å². The minimum atomic E-state index is 0.306. The second kappa shape index (κ2) is 6.23. The third kappa shape index (κ3) is 3.11. The molecule has 1 aromatic carbocycles. The van der Waals surface area contributed by atoms with Crippen LogP contribution in [0.3, 0.4) is 0 Å². The van der Waals surface area contributed by atoms with Crippen LogP contribution >= 0.6 is 0 Å². The Balaban J connectivity index is 1.81. The molecule has 5 nitrogen and oxygen atoms in total. The Kier molecular flexibility index (Phi) is 3.97. The van der Waals surface area contributed by atoms with Gasteiger partial charge in [0.25, 0.3) is 0 Å². The first-order valence-electron chi connectivity index (χ1n) is 7.20. The summed E-state index contributed by atoms with van der Waals surface area (Å²) >= 11 is 0. The van der Waals surface area contributed by atoms with Crippen LogP contribution in [0, 0.1) is 11.3 Å². The number of hydrogen-bond acceptors (Lipinski definition) is 5. The van der Waals surface area contributed by atoms with Crippen LogP contribution in [0.25, 0.3) is 0 Å². The van der Waals surface area contributed by atoms with Gasteiger partial charge in [-0.05, 0) is 37.5 Å². The molecule has 5 heteroatoms. The maximum absolute atomic E-state index is 9.05. The van der Waals surface area contributed by atoms with Crippen molar-refractivity contribution in [2.75, 3.05) is 23.3 Å². The number of nitrogens with zero attached hydrogens (tertiary/aromatic N) is 4. The van der Waals surface area contributed by atoms with Crippen LogP contribution in [0.15, 0.2) is 36.7 Å². The fourth-order valence-corrected chi connectivity index (χ4v) is 2.58. The number of hydrogen-bond donors (Lipinski definition) is 1. The highest BCUT2D eigenvalue weighted by atomic mass is 15.1. The number of anilines is 3. The van der Waals surface area contributed by atoms with Crippen LogP contribution in [-0.4, -0.2) is 23.1 Å². The second-order valence-electron chi connectivity index (χ2n) is 5.09. The highest BCUT2D eigenvalue weighted by Gasteiger charge is 2.11. The smallest absolute Gasteiger partial charge is 0.183 e. The van der Waals surface area contributed by atoms with Crippen LogP contribution in [0.1, 0.15) is 25.0 Å². The maximum atomic E-state index is 9.05. The van der Waals surface area contributed by atoms with Crippen molar-refractivity contribution in [1.29, 1.82) is 5.26 Å². The van der Waals surface area contributed by atoms with Crippen LogP contribution in [-0.2, 0) is 0 Å². The van der Waals surface area contributed by atoms with E-state index in [1.54, 1.807) is 6.20 Å². The zero-order valence-electron chi connectivity index (χ0n) is 11.8. The van der Waals surface area contributed by atoms with E-state index >= 15 is 0 Å². The molecule has 1 saturated heterocycles. The van der Waals surface area contributed by atoms with E-state index in [-0.39, 0.29) is 0 Å². The number of nitriles is 1. The summed E-state index contributed by atoms with van der Waals surface area (Å²) in [5, 5.41) is 12.2. The number of nitrogens with one attached hydrogen (secondary N) is 1. The van der Waals surface area contributed by atoms with Gasteiger partial charge >= 0.3 is 0 Å². The molecule has 0 aliphatic carbocycles. The molecule has 3 rings (SSSR count). The standard InChI is InChI=1S/C16H17N5/c17-12-15-16(19-8-7-18-15)20-13-5-4-6-14(11-13)21-9-2-1-3-10-21/h4-8,11H,1-3,9-10H2,(H,19,20). The summed E-state index contributed by atoms with van der Waals surface area (Å²) < 4.78 is 0. The summed E-state index contributed by atoms with van der Waals surface area (Å²) in [6, 6.07) is 10.3. The van der Waals surface area contributed by atoms with Gasteiger partial charge in [0.15, 0.2) is 11.5 Å². The van der Waals surface area contributed by atoms with E-state index in [0.717, 1.165) is 18.8 Å². The van der Waals surface area contributed by atoms with Crippen molar-refractivity contribution in [1.82, 2.24) is 9.97 Å². The van der Waals surface area contributed by atoms with Crippen LogP contribution < -0.4 is 10.2 Å². The van der Waals surface area contributed by atoms with E-state index in [4.69, 9.17) is 5.26 Å². The lowest BCUT2D eigenvalue weighted by molar-refractivity contribution is 0.578. The summed E-state index contributed by atoms with van der Waals surface area (Å²) in [6.45, 7) is 2.22. The molecular weight excluding hydrogens is 262 g/mol. The third-order valence-corrected chi connectivity index (χ3v) is 3.63. The second-order valence-corrected chi connectivity index (χ2v) is 5.09. The monoisotopic (exact) mass is 279 g/mol. The van der Waals surface area contributed by atoms with Gasteiger partial charge in [-0.1, -0.05) is 6.07 Å². The Morgan fingerprint density at radius 3 is 2.71 bits per heavy atom. The summed E-state index contributed by atoms with van der Waals surface area (Å²) in [7, 11) is 0. The van der Waals surface area contributed by atoms with Crippen molar-refractivity contribution in [2.24, 2.45) is 0 Å². The largest absolute Gasteiger partial charge is 0.371 e. The molecule has 0 unspecified atom stereocenters. The molecule has 0 spiro atoms. The van der Waals surface area contributed by atoms with Crippen LogP contribution in [0.2, 0.25) is 0 Å². The van der Waals surface area contributed by atoms with E-state index in [2.05, 4.69) is 32.3 Å². The van der Waals surface area contributed by atoms with Crippen LogP contribution in [0.5, 0.6) is 0 Å². The number of aromatic nitrogens is 2. The Bertz CT molecular complexity index is 656. The van der Waals surface area contributed by atoms with E-state index in [9.17, 15) is 0 Å². The van der Waals surface area contributed by atoms with Gasteiger partial charge in [0.2, 0.25) is 0 Å². The molecule has 1 aromatic heterocycles. The van der Waals surface area contributed by atoms with E-state index in [1.807, 2.05) is 18.2 Å². The average Bonchev–Trinajstić information content (AvgIpc) is 2.56. The van der Waals surface area contributed by atoms with Gasteiger partial charge in [0.05, 0.1) is 0 Å². The summed E-state index contributed by atoms with van der Waals surface area (Å²) in [5.41, 5.74) is 2.44. The van der Waals surface area contributed by atoms with Gasteiger partial charge in [-0.25, -0.2) is 9.97 Å². The predicted octanol–water partition coefficient (Wildman–Crippen LogP) is 3.08. The summed E-state index contributed by atoms with van der Waals surface area (Å²) in [6.07, 6.45) is 6.92. The lowest BCUT2D eigenvalue weighted by atomic mass is 10.1. The molecule has 1 aliphatic heterocycles. The van der Waals surface area contributed by atoms with Gasteiger partial charge in [0.1, 0.15) is 6.07 Å². The van der Waals surface area contributed by atoms with Crippen molar-refractivity contribution in [3.63, 3.8) is 0 Å². The number of benzene rings is 1. The normalized spacial score (nSPS) is 14.5. The number of piperidine rings is 1. The zero-order valence-corrected chi connectivity index (χ0v) is 11.8. The van der Waals surface area contributed by atoms with Gasteiger partial charge < -0.3 is 10.2 Å². The third-order valence-electron chi connectivity index (χ3n) is 3.63. The molecule has 2 aromatic rings. The molecule has 1 aliphatic rings. The molecule has 1 fully saturated rings. The fraction of sp³-hybridized carbons (Fsp3) is 0.312. The fourth-order valence-electron chi connectivity index (χ4n) is 2.58. The average molecular weight is 279 g/mol. The van der Waals surface area contributed by atoms with Crippen molar-refractivity contribution < 1.29 is 0 Å². The molecule has 106 valence electrons. The Morgan fingerprint density at radius 2 is 1.90 bits per heavy atom. The van der Waals surface area contributed by atoms with Crippen molar-refractivity contribution in [3.8, 4) is 6.07 Å². The number of rotatable bonds is 3. The van der Waals surface area contributed by atoms with Gasteiger partial charge in [-0.15, -0.1) is 0 Å². The molecule has 2 heterocycles. The maximum Gasteiger partial charge on any atom is 0.183 e.